The van der Waals surface area contributed by atoms with Gasteiger partial charge in [-0.2, -0.15) is 0 Å². The summed E-state index contributed by atoms with van der Waals surface area (Å²) >= 11 is 8.59. The van der Waals surface area contributed by atoms with Crippen LogP contribution in [0, 0.1) is 0 Å². The number of halogens is 1. The first kappa shape index (κ1) is 14.8. The van der Waals surface area contributed by atoms with Crippen molar-refractivity contribution in [2.45, 2.75) is 6.92 Å². The molecule has 2 aromatic carbocycles. The molecular weight excluding hydrogens is 336 g/mol. The molecule has 3 nitrogen and oxygen atoms in total. The van der Waals surface area contributed by atoms with Crippen molar-refractivity contribution in [1.29, 1.82) is 0 Å². The number of benzene rings is 2. The van der Waals surface area contributed by atoms with Gasteiger partial charge in [-0.25, -0.2) is 0 Å². The molecule has 5 heteroatoms. The average Bonchev–Trinajstić information content (AvgIpc) is 2.41. The smallest absolute Gasteiger partial charge is 0.142 e. The third-order valence-corrected chi connectivity index (χ3v) is 3.58. The zero-order chi connectivity index (χ0) is 14.5. The van der Waals surface area contributed by atoms with Gasteiger partial charge in [0.05, 0.1) is 12.3 Å². The molecule has 0 aromatic heterocycles. The fourth-order valence-corrected chi connectivity index (χ4v) is 2.81. The van der Waals surface area contributed by atoms with Gasteiger partial charge in [0.1, 0.15) is 10.7 Å². The van der Waals surface area contributed by atoms with E-state index in [0.29, 0.717) is 11.6 Å². The molecule has 20 heavy (non-hydrogen) atoms. The van der Waals surface area contributed by atoms with Gasteiger partial charge in [-0.15, -0.1) is 0 Å². The Hall–Kier alpha value is -1.59. The predicted octanol–water partition coefficient (Wildman–Crippen LogP) is 4.23. The minimum Gasteiger partial charge on any atom is -0.492 e. The van der Waals surface area contributed by atoms with Crippen LogP contribution in [-0.4, -0.2) is 11.6 Å². The average molecular weight is 351 g/mol. The monoisotopic (exact) mass is 350 g/mol. The Morgan fingerprint density at radius 2 is 1.90 bits per heavy atom. The lowest BCUT2D eigenvalue weighted by molar-refractivity contribution is 0.342. The largest absolute Gasteiger partial charge is 0.492 e. The van der Waals surface area contributed by atoms with Gasteiger partial charge in [-0.3, -0.25) is 0 Å². The van der Waals surface area contributed by atoms with E-state index < -0.39 is 0 Å². The van der Waals surface area contributed by atoms with Crippen LogP contribution in [-0.2, 0) is 0 Å². The van der Waals surface area contributed by atoms with Crippen molar-refractivity contribution in [3.05, 3.63) is 52.5 Å². The van der Waals surface area contributed by atoms with Gasteiger partial charge in [0.25, 0.3) is 0 Å². The Bertz CT molecular complexity index is 631. The van der Waals surface area contributed by atoms with Crippen molar-refractivity contribution in [3.63, 3.8) is 0 Å². The maximum Gasteiger partial charge on any atom is 0.142 e. The zero-order valence-corrected chi connectivity index (χ0v) is 13.4. The number of nitrogens with one attached hydrogen (secondary N) is 1. The van der Waals surface area contributed by atoms with Crippen molar-refractivity contribution in [2.24, 2.45) is 5.73 Å². The summed E-state index contributed by atoms with van der Waals surface area (Å²) in [5.41, 5.74) is 8.31. The molecule has 2 aromatic rings. The molecule has 0 aliphatic rings. The highest BCUT2D eigenvalue weighted by atomic mass is 79.9. The zero-order valence-electron chi connectivity index (χ0n) is 11.0. The fraction of sp³-hybridized carbons (Fsp3) is 0.133. The Morgan fingerprint density at radius 1 is 1.20 bits per heavy atom. The van der Waals surface area contributed by atoms with Crippen molar-refractivity contribution < 1.29 is 4.74 Å². The SMILES string of the molecule is CCOc1ccccc1Nc1cccc(Br)c1C(N)=S. The molecule has 0 saturated carbocycles. The Kier molecular flexibility index (Phi) is 4.98. The van der Waals surface area contributed by atoms with E-state index in [2.05, 4.69) is 21.2 Å². The topological polar surface area (TPSA) is 47.3 Å². The minimum absolute atomic E-state index is 0.342. The Morgan fingerprint density at radius 3 is 2.60 bits per heavy atom. The summed E-state index contributed by atoms with van der Waals surface area (Å²) in [7, 11) is 0. The molecule has 0 saturated heterocycles. The second-order valence-corrected chi connectivity index (χ2v) is 5.37. The van der Waals surface area contributed by atoms with Gasteiger partial charge >= 0.3 is 0 Å². The highest BCUT2D eigenvalue weighted by molar-refractivity contribution is 9.10. The Labute approximate surface area is 132 Å². The van der Waals surface area contributed by atoms with Gasteiger partial charge in [0.15, 0.2) is 0 Å². The molecule has 2 rings (SSSR count). The second-order valence-electron chi connectivity index (χ2n) is 4.08. The summed E-state index contributed by atoms with van der Waals surface area (Å²) in [4.78, 5) is 0.342. The minimum atomic E-state index is 0.342. The summed E-state index contributed by atoms with van der Waals surface area (Å²) < 4.78 is 6.47. The molecule has 3 N–H and O–H groups in total. The summed E-state index contributed by atoms with van der Waals surface area (Å²) in [6, 6.07) is 13.5. The van der Waals surface area contributed by atoms with Crippen molar-refractivity contribution >= 4 is 44.5 Å². The molecule has 0 atom stereocenters. The van der Waals surface area contributed by atoms with E-state index in [0.717, 1.165) is 27.2 Å². The number of para-hydroxylation sites is 2. The van der Waals surface area contributed by atoms with E-state index >= 15 is 0 Å². The van der Waals surface area contributed by atoms with Gasteiger partial charge in [0, 0.05) is 15.7 Å². The van der Waals surface area contributed by atoms with Gasteiger partial charge in [-0.05, 0) is 47.1 Å². The lowest BCUT2D eigenvalue weighted by Crippen LogP contribution is -2.13. The normalized spacial score (nSPS) is 10.1. The third kappa shape index (κ3) is 3.29. The lowest BCUT2D eigenvalue weighted by Gasteiger charge is -2.15. The molecule has 0 aliphatic carbocycles. The number of hydrogen-bond acceptors (Lipinski definition) is 3. The predicted molar refractivity (Wildman–Crippen MR) is 90.9 cm³/mol. The number of rotatable bonds is 5. The number of ether oxygens (including phenoxy) is 1. The highest BCUT2D eigenvalue weighted by Gasteiger charge is 2.11. The Balaban J connectivity index is 2.40. The van der Waals surface area contributed by atoms with E-state index in [-0.39, 0.29) is 0 Å². The molecule has 104 valence electrons. The van der Waals surface area contributed by atoms with Crippen molar-refractivity contribution in [2.75, 3.05) is 11.9 Å². The number of thiocarbonyl (C=S) groups is 1. The first-order valence-corrected chi connectivity index (χ1v) is 7.40. The van der Waals surface area contributed by atoms with Crippen LogP contribution in [0.3, 0.4) is 0 Å². The van der Waals surface area contributed by atoms with Crippen LogP contribution in [0.5, 0.6) is 5.75 Å². The number of nitrogens with two attached hydrogens (primary N) is 1. The molecule has 0 heterocycles. The molecular formula is C15H15BrN2OS. The van der Waals surface area contributed by atoms with Crippen LogP contribution in [0.2, 0.25) is 0 Å². The van der Waals surface area contributed by atoms with Crippen molar-refractivity contribution in [1.82, 2.24) is 0 Å². The number of anilines is 2. The van der Waals surface area contributed by atoms with Crippen LogP contribution in [0.15, 0.2) is 46.9 Å². The van der Waals surface area contributed by atoms with Gasteiger partial charge in [0.2, 0.25) is 0 Å². The molecule has 0 aliphatic heterocycles. The van der Waals surface area contributed by atoms with Crippen LogP contribution in [0.1, 0.15) is 12.5 Å². The van der Waals surface area contributed by atoms with Crippen molar-refractivity contribution in [3.8, 4) is 5.75 Å². The van der Waals surface area contributed by atoms with E-state index in [9.17, 15) is 0 Å². The third-order valence-electron chi connectivity index (χ3n) is 2.72. The first-order chi connectivity index (χ1) is 9.63. The van der Waals surface area contributed by atoms with E-state index in [4.69, 9.17) is 22.7 Å². The van der Waals surface area contributed by atoms with Crippen LogP contribution < -0.4 is 15.8 Å². The van der Waals surface area contributed by atoms with Gasteiger partial charge < -0.3 is 15.8 Å². The maximum absolute atomic E-state index is 5.80. The van der Waals surface area contributed by atoms with E-state index in [1.165, 1.54) is 0 Å². The summed E-state index contributed by atoms with van der Waals surface area (Å²) in [5, 5.41) is 3.33. The van der Waals surface area contributed by atoms with Crippen LogP contribution in [0.4, 0.5) is 11.4 Å². The molecule has 0 radical (unpaired) electrons. The summed E-state index contributed by atoms with van der Waals surface area (Å²) in [6.07, 6.45) is 0. The molecule has 0 spiro atoms. The number of hydrogen-bond donors (Lipinski definition) is 2. The van der Waals surface area contributed by atoms with Crippen LogP contribution in [0.25, 0.3) is 0 Å². The van der Waals surface area contributed by atoms with E-state index in [1.807, 2.05) is 49.4 Å². The quantitative estimate of drug-likeness (QED) is 0.792. The molecule has 0 amide bonds. The highest BCUT2D eigenvalue weighted by Crippen LogP contribution is 2.31. The molecule has 0 unspecified atom stereocenters. The first-order valence-electron chi connectivity index (χ1n) is 6.20. The summed E-state index contributed by atoms with van der Waals surface area (Å²) in [6.45, 7) is 2.57. The summed E-state index contributed by atoms with van der Waals surface area (Å²) in [5.74, 6) is 0.795. The maximum atomic E-state index is 5.80. The molecule has 0 bridgehead atoms. The van der Waals surface area contributed by atoms with E-state index in [1.54, 1.807) is 0 Å². The standard InChI is InChI=1S/C15H15BrN2OS/c1-2-19-13-9-4-3-7-11(13)18-12-8-5-6-10(16)14(12)15(17)20/h3-9,18H,2H2,1H3,(H2,17,20). The second kappa shape index (κ2) is 6.72. The molecule has 0 fully saturated rings. The van der Waals surface area contributed by atoms with Crippen LogP contribution >= 0.6 is 28.1 Å². The lowest BCUT2D eigenvalue weighted by atomic mass is 10.1. The van der Waals surface area contributed by atoms with Gasteiger partial charge in [-0.1, -0.05) is 30.4 Å². The fourth-order valence-electron chi connectivity index (χ4n) is 1.88.